The van der Waals surface area contributed by atoms with E-state index in [1.165, 1.54) is 13.2 Å². The van der Waals surface area contributed by atoms with Gasteiger partial charge in [0.25, 0.3) is 0 Å². The Morgan fingerprint density at radius 3 is 2.40 bits per heavy atom. The van der Waals surface area contributed by atoms with Crippen LogP contribution in [0, 0.1) is 0 Å². The smallest absolute Gasteiger partial charge is 0.412 e. The molecule has 1 amide bonds. The summed E-state index contributed by atoms with van der Waals surface area (Å²) in [5.41, 5.74) is -0.622. The van der Waals surface area contributed by atoms with Gasteiger partial charge in [-0.15, -0.1) is 0 Å². The van der Waals surface area contributed by atoms with Crippen LogP contribution in [0.5, 0.6) is 5.75 Å². The molecule has 7 heteroatoms. The highest BCUT2D eigenvalue weighted by Gasteiger charge is 2.19. The van der Waals surface area contributed by atoms with Crippen molar-refractivity contribution in [2.24, 2.45) is 0 Å². The summed E-state index contributed by atoms with van der Waals surface area (Å²) in [6, 6.07) is 2.36. The fourth-order valence-electron chi connectivity index (χ4n) is 1.34. The molecule has 0 bridgehead atoms. The van der Waals surface area contributed by atoms with Crippen molar-refractivity contribution in [2.75, 3.05) is 12.4 Å². The van der Waals surface area contributed by atoms with E-state index in [2.05, 4.69) is 10.1 Å². The van der Waals surface area contributed by atoms with E-state index in [1.807, 2.05) is 0 Å². The van der Waals surface area contributed by atoms with Crippen LogP contribution < -0.4 is 5.32 Å². The largest absolute Gasteiger partial charge is 0.507 e. The van der Waals surface area contributed by atoms with Crippen LogP contribution in [0.25, 0.3) is 0 Å². The third-order valence-electron chi connectivity index (χ3n) is 2.13. The van der Waals surface area contributed by atoms with Gasteiger partial charge in [-0.1, -0.05) is 11.6 Å². The van der Waals surface area contributed by atoms with Gasteiger partial charge in [-0.25, -0.2) is 9.59 Å². The first-order valence-electron chi connectivity index (χ1n) is 5.75. The van der Waals surface area contributed by atoms with Crippen LogP contribution in [0.4, 0.5) is 10.5 Å². The second-order valence-corrected chi connectivity index (χ2v) is 5.37. The minimum absolute atomic E-state index is 0.0778. The summed E-state index contributed by atoms with van der Waals surface area (Å²) in [4.78, 5) is 23.0. The predicted molar refractivity (Wildman–Crippen MR) is 74.3 cm³/mol. The first-order valence-corrected chi connectivity index (χ1v) is 6.12. The van der Waals surface area contributed by atoms with Gasteiger partial charge in [-0.3, -0.25) is 5.32 Å². The Hall–Kier alpha value is -1.95. The Morgan fingerprint density at radius 1 is 1.30 bits per heavy atom. The van der Waals surface area contributed by atoms with E-state index in [0.29, 0.717) is 0 Å². The van der Waals surface area contributed by atoms with Crippen LogP contribution >= 0.6 is 11.6 Å². The molecular weight excluding hydrogens is 286 g/mol. The van der Waals surface area contributed by atoms with Gasteiger partial charge in [0.15, 0.2) is 0 Å². The number of carbonyl (C=O) groups excluding carboxylic acids is 2. The highest BCUT2D eigenvalue weighted by Crippen LogP contribution is 2.31. The van der Waals surface area contributed by atoms with Crippen molar-refractivity contribution in [1.29, 1.82) is 0 Å². The summed E-state index contributed by atoms with van der Waals surface area (Å²) in [5, 5.41) is 12.2. The standard InChI is InChI=1S/C13H16ClNO5/c1-13(2,3)20-12(18)15-9-6-10(16)7(5-8(9)14)11(17)19-4/h5-6,16H,1-4H3,(H,15,18). The summed E-state index contributed by atoms with van der Waals surface area (Å²) >= 11 is 5.93. The molecule has 2 N–H and O–H groups in total. The Bertz CT molecular complexity index is 536. The van der Waals surface area contributed by atoms with Gasteiger partial charge in [-0.05, 0) is 26.8 Å². The lowest BCUT2D eigenvalue weighted by Crippen LogP contribution is -2.27. The summed E-state index contributed by atoms with van der Waals surface area (Å²) < 4.78 is 9.54. The maximum atomic E-state index is 11.6. The topological polar surface area (TPSA) is 84.9 Å². The molecule has 1 aromatic rings. The Balaban J connectivity index is 2.96. The maximum absolute atomic E-state index is 11.6. The fourth-order valence-corrected chi connectivity index (χ4v) is 1.56. The van der Waals surface area contributed by atoms with E-state index in [0.717, 1.165) is 6.07 Å². The van der Waals surface area contributed by atoms with Crippen molar-refractivity contribution in [3.63, 3.8) is 0 Å². The minimum Gasteiger partial charge on any atom is -0.507 e. The molecule has 0 saturated carbocycles. The van der Waals surface area contributed by atoms with E-state index in [1.54, 1.807) is 20.8 Å². The number of amides is 1. The molecule has 6 nitrogen and oxygen atoms in total. The molecule has 20 heavy (non-hydrogen) atoms. The highest BCUT2D eigenvalue weighted by molar-refractivity contribution is 6.34. The van der Waals surface area contributed by atoms with Crippen LogP contribution in [0.3, 0.4) is 0 Å². The van der Waals surface area contributed by atoms with Gasteiger partial charge in [0.05, 0.1) is 17.8 Å². The number of phenolic OH excluding ortho intramolecular Hbond substituents is 1. The average molecular weight is 302 g/mol. The van der Waals surface area contributed by atoms with Crippen molar-refractivity contribution in [3.05, 3.63) is 22.7 Å². The van der Waals surface area contributed by atoms with Crippen molar-refractivity contribution in [3.8, 4) is 5.75 Å². The number of ether oxygens (including phenoxy) is 2. The summed E-state index contributed by atoms with van der Waals surface area (Å²) in [6.07, 6.45) is -0.718. The lowest BCUT2D eigenvalue weighted by Gasteiger charge is -2.20. The maximum Gasteiger partial charge on any atom is 0.412 e. The van der Waals surface area contributed by atoms with E-state index in [4.69, 9.17) is 16.3 Å². The molecule has 0 saturated heterocycles. The van der Waals surface area contributed by atoms with Crippen LogP contribution in [-0.4, -0.2) is 29.9 Å². The molecule has 0 fully saturated rings. The van der Waals surface area contributed by atoms with Crippen molar-refractivity contribution < 1.29 is 24.2 Å². The van der Waals surface area contributed by atoms with E-state index < -0.39 is 17.7 Å². The van der Waals surface area contributed by atoms with Crippen LogP contribution in [0.2, 0.25) is 5.02 Å². The van der Waals surface area contributed by atoms with Gasteiger partial charge in [0, 0.05) is 6.07 Å². The van der Waals surface area contributed by atoms with Crippen LogP contribution in [-0.2, 0) is 9.47 Å². The number of halogens is 1. The Labute approximate surface area is 121 Å². The second-order valence-electron chi connectivity index (χ2n) is 4.97. The average Bonchev–Trinajstić information content (AvgIpc) is 2.30. The third-order valence-corrected chi connectivity index (χ3v) is 2.44. The van der Waals surface area contributed by atoms with Gasteiger partial charge in [-0.2, -0.15) is 0 Å². The molecule has 0 heterocycles. The van der Waals surface area contributed by atoms with Gasteiger partial charge < -0.3 is 14.6 Å². The molecule has 0 unspecified atom stereocenters. The number of aromatic hydroxyl groups is 1. The molecular formula is C13H16ClNO5. The predicted octanol–water partition coefficient (Wildman–Crippen LogP) is 3.18. The monoisotopic (exact) mass is 301 g/mol. The molecule has 110 valence electrons. The lowest BCUT2D eigenvalue weighted by molar-refractivity contribution is 0.0596. The molecule has 0 aliphatic heterocycles. The van der Waals surface area contributed by atoms with Gasteiger partial charge >= 0.3 is 12.1 Å². The zero-order valence-corrected chi connectivity index (χ0v) is 12.4. The number of anilines is 1. The number of phenols is 1. The van der Waals surface area contributed by atoms with Crippen molar-refractivity contribution in [1.82, 2.24) is 0 Å². The molecule has 0 aliphatic carbocycles. The summed E-state index contributed by atoms with van der Waals surface area (Å²) in [7, 11) is 1.18. The van der Waals surface area contributed by atoms with E-state index in [9.17, 15) is 14.7 Å². The van der Waals surface area contributed by atoms with Crippen molar-refractivity contribution >= 4 is 29.4 Å². The number of nitrogens with one attached hydrogen (secondary N) is 1. The van der Waals surface area contributed by atoms with Crippen molar-refractivity contribution in [2.45, 2.75) is 26.4 Å². The Morgan fingerprint density at radius 2 is 1.90 bits per heavy atom. The van der Waals surface area contributed by atoms with E-state index in [-0.39, 0.29) is 22.0 Å². The van der Waals surface area contributed by atoms with Gasteiger partial charge in [0.1, 0.15) is 16.9 Å². The number of esters is 1. The molecule has 0 radical (unpaired) electrons. The van der Waals surface area contributed by atoms with Crippen LogP contribution in [0.1, 0.15) is 31.1 Å². The normalized spacial score (nSPS) is 10.8. The number of benzene rings is 1. The minimum atomic E-state index is -0.729. The third kappa shape index (κ3) is 4.31. The first kappa shape index (κ1) is 16.1. The molecule has 0 spiro atoms. The number of hydrogen-bond acceptors (Lipinski definition) is 5. The number of methoxy groups -OCH3 is 1. The molecule has 1 aromatic carbocycles. The molecule has 0 atom stereocenters. The Kier molecular flexibility index (Phi) is 4.83. The molecule has 1 rings (SSSR count). The number of hydrogen-bond donors (Lipinski definition) is 2. The van der Waals surface area contributed by atoms with Gasteiger partial charge in [0.2, 0.25) is 0 Å². The molecule has 0 aromatic heterocycles. The number of carbonyl (C=O) groups is 2. The van der Waals surface area contributed by atoms with E-state index >= 15 is 0 Å². The fraction of sp³-hybridized carbons (Fsp3) is 0.385. The first-order chi connectivity index (χ1) is 9.14. The lowest BCUT2D eigenvalue weighted by atomic mass is 10.2. The SMILES string of the molecule is COC(=O)c1cc(Cl)c(NC(=O)OC(C)(C)C)cc1O. The second kappa shape index (κ2) is 6.00. The highest BCUT2D eigenvalue weighted by atomic mass is 35.5. The zero-order chi connectivity index (χ0) is 15.5. The quantitative estimate of drug-likeness (QED) is 0.819. The number of rotatable bonds is 2. The van der Waals surface area contributed by atoms with Crippen LogP contribution in [0.15, 0.2) is 12.1 Å². The summed E-state index contributed by atoms with van der Waals surface area (Å²) in [6.45, 7) is 5.14. The summed E-state index contributed by atoms with van der Waals surface area (Å²) in [5.74, 6) is -1.08. The molecule has 0 aliphatic rings. The zero-order valence-electron chi connectivity index (χ0n) is 11.6.